The van der Waals surface area contributed by atoms with Gasteiger partial charge >= 0.3 is 5.97 Å². The number of carbonyl (C=O) groups excluding carboxylic acids is 3. The van der Waals surface area contributed by atoms with Crippen LogP contribution in [0.5, 0.6) is 0 Å². The average molecular weight is 519 g/mol. The van der Waals surface area contributed by atoms with Gasteiger partial charge in [0.15, 0.2) is 0 Å². The summed E-state index contributed by atoms with van der Waals surface area (Å²) in [4.78, 5) is 45.8. The maximum absolute atomic E-state index is 14.4. The van der Waals surface area contributed by atoms with E-state index in [0.29, 0.717) is 19.7 Å². The quantitative estimate of drug-likeness (QED) is 0.410. The summed E-state index contributed by atoms with van der Waals surface area (Å²) in [5.41, 5.74) is 0. The molecule has 36 heavy (non-hydrogen) atoms. The topological polar surface area (TPSA) is 87.2 Å². The maximum Gasteiger partial charge on any atom is 0.311 e. The minimum absolute atomic E-state index is 0.00577. The molecule has 7 atom stereocenters. The highest BCUT2D eigenvalue weighted by Gasteiger charge is 2.74. The summed E-state index contributed by atoms with van der Waals surface area (Å²) in [5.74, 6) is -2.07. The summed E-state index contributed by atoms with van der Waals surface area (Å²) >= 11 is 1.57. The summed E-state index contributed by atoms with van der Waals surface area (Å²) in [6.45, 7) is 9.39. The van der Waals surface area contributed by atoms with Crippen LogP contribution in [0.1, 0.15) is 66.2 Å². The maximum atomic E-state index is 14.4. The molecule has 7 nitrogen and oxygen atoms in total. The van der Waals surface area contributed by atoms with Crippen molar-refractivity contribution in [2.75, 3.05) is 26.3 Å². The molecule has 1 N–H and O–H groups in total. The van der Waals surface area contributed by atoms with E-state index in [1.54, 1.807) is 16.7 Å². The van der Waals surface area contributed by atoms with Gasteiger partial charge in [0.1, 0.15) is 6.04 Å². The van der Waals surface area contributed by atoms with Crippen LogP contribution in [-0.2, 0) is 19.1 Å². The molecule has 0 radical (unpaired) electrons. The number of thioether (sulfide) groups is 1. The van der Waals surface area contributed by atoms with E-state index in [2.05, 4.69) is 19.1 Å². The average Bonchev–Trinajstić information content (AvgIpc) is 3.19. The van der Waals surface area contributed by atoms with Crippen LogP contribution in [0.25, 0.3) is 0 Å². The fourth-order valence-corrected chi connectivity index (χ4v) is 8.64. The number of rotatable bonds is 7. The minimum Gasteiger partial charge on any atom is -0.465 e. The number of cyclic esters (lactones) is 1. The van der Waals surface area contributed by atoms with Crippen molar-refractivity contribution >= 4 is 29.5 Å². The van der Waals surface area contributed by atoms with Crippen molar-refractivity contribution in [2.24, 2.45) is 17.8 Å². The van der Waals surface area contributed by atoms with Crippen LogP contribution in [0.4, 0.5) is 0 Å². The zero-order valence-electron chi connectivity index (χ0n) is 22.2. The highest BCUT2D eigenvalue weighted by atomic mass is 32.2. The molecule has 0 aromatic rings. The molecule has 0 aromatic carbocycles. The van der Waals surface area contributed by atoms with E-state index < -0.39 is 33.4 Å². The summed E-state index contributed by atoms with van der Waals surface area (Å²) < 4.78 is 4.16. The third-order valence-electron chi connectivity index (χ3n) is 8.65. The van der Waals surface area contributed by atoms with E-state index in [1.165, 1.54) is 0 Å². The number of amides is 2. The Labute approximate surface area is 219 Å². The molecule has 2 amide bonds. The number of allylic oxidation sites excluding steroid dienone is 1. The lowest BCUT2D eigenvalue weighted by Crippen LogP contribution is -2.58. The molecule has 4 rings (SSSR count). The number of ether oxygens (including phenoxy) is 1. The molecule has 0 aromatic heterocycles. The number of nitrogens with zero attached hydrogens (tertiary/aromatic N) is 2. The Hall–Kier alpha value is -1.80. The smallest absolute Gasteiger partial charge is 0.311 e. The molecule has 4 aliphatic heterocycles. The second-order valence-electron chi connectivity index (χ2n) is 11.0. The number of hydrogen-bond donors (Lipinski definition) is 1. The molecular weight excluding hydrogens is 476 g/mol. The normalized spacial score (nSPS) is 37.0. The monoisotopic (exact) mass is 518 g/mol. The number of aliphatic hydroxyl groups is 1. The molecular formula is C28H42N2O5S. The predicted octanol–water partition coefficient (Wildman–Crippen LogP) is 3.56. The molecule has 2 fully saturated rings. The Bertz CT molecular complexity index is 922. The number of fused-ring (bicyclic) bond motifs is 2. The fraction of sp³-hybridized carbons (Fsp3) is 0.750. The van der Waals surface area contributed by atoms with Gasteiger partial charge in [0.25, 0.3) is 0 Å². The van der Waals surface area contributed by atoms with Gasteiger partial charge in [-0.1, -0.05) is 57.9 Å². The first-order chi connectivity index (χ1) is 17.3. The van der Waals surface area contributed by atoms with E-state index >= 15 is 0 Å². The third-order valence-corrected chi connectivity index (χ3v) is 10.4. The van der Waals surface area contributed by atoms with Gasteiger partial charge < -0.3 is 19.6 Å². The van der Waals surface area contributed by atoms with Crippen molar-refractivity contribution in [3.05, 3.63) is 24.3 Å². The van der Waals surface area contributed by atoms with Crippen molar-refractivity contribution in [2.45, 2.75) is 87.8 Å². The van der Waals surface area contributed by atoms with E-state index in [4.69, 9.17) is 4.74 Å². The first-order valence-electron chi connectivity index (χ1n) is 13.7. The van der Waals surface area contributed by atoms with Crippen LogP contribution < -0.4 is 0 Å². The Kier molecular flexibility index (Phi) is 8.25. The van der Waals surface area contributed by atoms with Gasteiger partial charge in [0.2, 0.25) is 11.8 Å². The second-order valence-corrected chi connectivity index (χ2v) is 12.8. The van der Waals surface area contributed by atoms with Crippen LogP contribution in [-0.4, -0.2) is 80.6 Å². The lowest BCUT2D eigenvalue weighted by Gasteiger charge is -2.41. The Morgan fingerprint density at radius 1 is 1.14 bits per heavy atom. The highest BCUT2D eigenvalue weighted by molar-refractivity contribution is 8.02. The first kappa shape index (κ1) is 27.2. The molecule has 4 aliphatic rings. The van der Waals surface area contributed by atoms with Crippen molar-refractivity contribution in [3.8, 4) is 0 Å². The lowest BCUT2D eigenvalue weighted by molar-refractivity contribution is -0.155. The Morgan fingerprint density at radius 2 is 1.92 bits per heavy atom. The largest absolute Gasteiger partial charge is 0.465 e. The van der Waals surface area contributed by atoms with Gasteiger partial charge in [-0.3, -0.25) is 14.4 Å². The summed E-state index contributed by atoms with van der Waals surface area (Å²) in [7, 11) is 0. The molecule has 4 heterocycles. The van der Waals surface area contributed by atoms with E-state index in [9.17, 15) is 19.5 Å². The van der Waals surface area contributed by atoms with Gasteiger partial charge in [0, 0.05) is 17.8 Å². The predicted molar refractivity (Wildman–Crippen MR) is 141 cm³/mol. The van der Waals surface area contributed by atoms with Gasteiger partial charge in [-0.2, -0.15) is 0 Å². The number of likely N-dealkylation sites (tertiary alicyclic amines) is 1. The second kappa shape index (κ2) is 10.9. The molecule has 0 aliphatic carbocycles. The zero-order valence-corrected chi connectivity index (χ0v) is 23.0. The van der Waals surface area contributed by atoms with Crippen molar-refractivity contribution in [3.63, 3.8) is 0 Å². The van der Waals surface area contributed by atoms with Crippen LogP contribution >= 0.6 is 11.8 Å². The summed E-state index contributed by atoms with van der Waals surface area (Å²) in [6, 6.07) is -1.26. The van der Waals surface area contributed by atoms with Crippen LogP contribution in [0.3, 0.4) is 0 Å². The van der Waals surface area contributed by atoms with Gasteiger partial charge in [-0.05, 0) is 38.5 Å². The Morgan fingerprint density at radius 3 is 2.61 bits per heavy atom. The van der Waals surface area contributed by atoms with E-state index in [0.717, 1.165) is 38.5 Å². The van der Waals surface area contributed by atoms with E-state index in [1.807, 2.05) is 37.8 Å². The number of esters is 1. The number of carbonyl (C=O) groups is 3. The number of aliphatic hydroxyl groups excluding tert-OH is 1. The molecule has 0 saturated carbocycles. The van der Waals surface area contributed by atoms with Gasteiger partial charge in [-0.15, -0.1) is 11.8 Å². The van der Waals surface area contributed by atoms with Crippen molar-refractivity contribution in [1.29, 1.82) is 0 Å². The molecule has 0 bridgehead atoms. The van der Waals surface area contributed by atoms with Crippen molar-refractivity contribution in [1.82, 2.24) is 9.80 Å². The van der Waals surface area contributed by atoms with Crippen LogP contribution in [0, 0.1) is 17.8 Å². The SMILES string of the molecule is CCCCN1CC=C[C@]23S[C@]4(C)/C=C\CCCCOC(=O)[C@@H]4[C@H]2C(=O)N([C@@H](CO)[C@@H](C)CC)C3C1=O. The van der Waals surface area contributed by atoms with Crippen molar-refractivity contribution < 1.29 is 24.2 Å². The van der Waals surface area contributed by atoms with E-state index in [-0.39, 0.29) is 30.3 Å². The van der Waals surface area contributed by atoms with Crippen LogP contribution in [0.2, 0.25) is 0 Å². The lowest BCUT2D eigenvalue weighted by atomic mass is 9.74. The first-order valence-corrected chi connectivity index (χ1v) is 14.5. The summed E-state index contributed by atoms with van der Waals surface area (Å²) in [6.07, 6.45) is 13.5. The molecule has 1 unspecified atom stereocenters. The highest BCUT2D eigenvalue weighted by Crippen LogP contribution is 2.65. The van der Waals surface area contributed by atoms with Crippen LogP contribution in [0.15, 0.2) is 24.3 Å². The molecule has 2 saturated heterocycles. The number of unbranched alkanes of at least 4 members (excludes halogenated alkanes) is 1. The molecule has 1 spiro atoms. The van der Waals surface area contributed by atoms with Gasteiger partial charge in [-0.25, -0.2) is 0 Å². The fourth-order valence-electron chi connectivity index (χ4n) is 6.51. The van der Waals surface area contributed by atoms with Gasteiger partial charge in [0.05, 0.1) is 35.8 Å². The minimum atomic E-state index is -0.896. The number of hydrogen-bond acceptors (Lipinski definition) is 6. The molecule has 8 heteroatoms. The Balaban J connectivity index is 1.88. The zero-order chi connectivity index (χ0) is 26.1. The standard InChI is InChI=1S/C28H42N2O5S/c1-5-7-15-29-16-12-14-28-21(22-26(34)35-17-11-9-8-10-13-27(22,4)36-28)24(32)30(23(28)25(29)33)20(18-31)19(3)6-2/h10,12-14,19-23,31H,5-9,11,15-18H2,1-4H3/b13-10-/t19-,20-,21-,22-,23?,27+,28-/m0/s1. The summed E-state index contributed by atoms with van der Waals surface area (Å²) in [5, 5.41) is 10.5. The molecule has 200 valence electrons. The third kappa shape index (κ3) is 4.42.